The lowest BCUT2D eigenvalue weighted by Crippen LogP contribution is -2.43. The standard InChI is InChI=1S/C20H23N3O3/c1-13-2-6-15(7-3-13)26-16-8-10-23(11-9-16)20(25)17-12-21-18(14-4-5-14)22-19(17)24/h2-3,6-7,12,14,16H,4-5,8-11H2,1H3,(H,21,22,24). The van der Waals surface area contributed by atoms with Gasteiger partial charge in [-0.15, -0.1) is 0 Å². The second-order valence-electron chi connectivity index (χ2n) is 7.21. The van der Waals surface area contributed by atoms with Crippen molar-refractivity contribution in [1.82, 2.24) is 14.9 Å². The fourth-order valence-corrected chi connectivity index (χ4v) is 3.28. The number of rotatable bonds is 4. The molecule has 0 bridgehead atoms. The van der Waals surface area contributed by atoms with Gasteiger partial charge >= 0.3 is 0 Å². The molecule has 1 aliphatic carbocycles. The molecule has 2 heterocycles. The molecule has 2 fully saturated rings. The van der Waals surface area contributed by atoms with Crippen molar-refractivity contribution >= 4 is 5.91 Å². The van der Waals surface area contributed by atoms with Gasteiger partial charge in [0.05, 0.1) is 0 Å². The lowest BCUT2D eigenvalue weighted by Gasteiger charge is -2.32. The van der Waals surface area contributed by atoms with Gasteiger partial charge in [0.25, 0.3) is 11.5 Å². The number of aryl methyl sites for hydroxylation is 1. The normalized spacial score (nSPS) is 18.0. The summed E-state index contributed by atoms with van der Waals surface area (Å²) in [6.07, 6.45) is 5.16. The summed E-state index contributed by atoms with van der Waals surface area (Å²) >= 11 is 0. The number of carbonyl (C=O) groups excluding carboxylic acids is 1. The number of amides is 1. The topological polar surface area (TPSA) is 75.3 Å². The van der Waals surface area contributed by atoms with Gasteiger partial charge in [0.1, 0.15) is 23.2 Å². The number of H-pyrrole nitrogens is 1. The number of ether oxygens (including phenoxy) is 1. The molecule has 6 heteroatoms. The molecule has 4 rings (SSSR count). The van der Waals surface area contributed by atoms with Crippen LogP contribution >= 0.6 is 0 Å². The molecular weight excluding hydrogens is 330 g/mol. The summed E-state index contributed by atoms with van der Waals surface area (Å²) < 4.78 is 6.00. The number of carbonyl (C=O) groups is 1. The summed E-state index contributed by atoms with van der Waals surface area (Å²) in [5.41, 5.74) is 1.00. The van der Waals surface area contributed by atoms with Crippen molar-refractivity contribution in [1.29, 1.82) is 0 Å². The fraction of sp³-hybridized carbons (Fsp3) is 0.450. The van der Waals surface area contributed by atoms with Gasteiger partial charge in [0, 0.05) is 38.0 Å². The number of nitrogens with zero attached hydrogens (tertiary/aromatic N) is 2. The number of nitrogens with one attached hydrogen (secondary N) is 1. The van der Waals surface area contributed by atoms with E-state index in [1.54, 1.807) is 4.90 Å². The zero-order chi connectivity index (χ0) is 18.1. The summed E-state index contributed by atoms with van der Waals surface area (Å²) in [5.74, 6) is 1.69. The van der Waals surface area contributed by atoms with Gasteiger partial charge in [0.2, 0.25) is 0 Å². The highest BCUT2D eigenvalue weighted by Crippen LogP contribution is 2.37. The van der Waals surface area contributed by atoms with Crippen LogP contribution in [-0.4, -0.2) is 40.0 Å². The van der Waals surface area contributed by atoms with Crippen LogP contribution in [0.25, 0.3) is 0 Å². The van der Waals surface area contributed by atoms with Gasteiger partial charge < -0.3 is 14.6 Å². The van der Waals surface area contributed by atoms with Crippen LogP contribution in [0.15, 0.2) is 35.3 Å². The summed E-state index contributed by atoms with van der Waals surface area (Å²) in [6, 6.07) is 8.00. The molecule has 1 aromatic carbocycles. The van der Waals surface area contributed by atoms with E-state index in [1.165, 1.54) is 11.8 Å². The first-order valence-corrected chi connectivity index (χ1v) is 9.22. The third kappa shape index (κ3) is 3.64. The molecular formula is C20H23N3O3. The highest BCUT2D eigenvalue weighted by molar-refractivity contribution is 5.93. The second kappa shape index (κ2) is 6.94. The molecule has 1 aromatic heterocycles. The Balaban J connectivity index is 1.36. The Morgan fingerprint density at radius 3 is 2.46 bits per heavy atom. The lowest BCUT2D eigenvalue weighted by atomic mass is 10.1. The van der Waals surface area contributed by atoms with Gasteiger partial charge in [-0.25, -0.2) is 4.98 Å². The number of piperidine rings is 1. The third-order valence-corrected chi connectivity index (χ3v) is 5.07. The molecule has 0 unspecified atom stereocenters. The molecule has 0 atom stereocenters. The highest BCUT2D eigenvalue weighted by Gasteiger charge is 2.29. The molecule has 136 valence electrons. The van der Waals surface area contributed by atoms with Gasteiger partial charge in [-0.3, -0.25) is 9.59 Å². The highest BCUT2D eigenvalue weighted by atomic mass is 16.5. The van der Waals surface area contributed by atoms with Crippen molar-refractivity contribution < 1.29 is 9.53 Å². The average molecular weight is 353 g/mol. The molecule has 1 saturated heterocycles. The Kier molecular flexibility index (Phi) is 4.49. The summed E-state index contributed by atoms with van der Waals surface area (Å²) in [5, 5.41) is 0. The third-order valence-electron chi connectivity index (χ3n) is 5.07. The van der Waals surface area contributed by atoms with Crippen LogP contribution in [0.3, 0.4) is 0 Å². The zero-order valence-corrected chi connectivity index (χ0v) is 14.9. The van der Waals surface area contributed by atoms with Gasteiger partial charge in [-0.1, -0.05) is 17.7 Å². The van der Waals surface area contributed by atoms with E-state index < -0.39 is 0 Å². The first kappa shape index (κ1) is 16.8. The van der Waals surface area contributed by atoms with E-state index in [1.807, 2.05) is 31.2 Å². The minimum atomic E-state index is -0.329. The summed E-state index contributed by atoms with van der Waals surface area (Å²) in [7, 11) is 0. The molecule has 2 aromatic rings. The second-order valence-corrected chi connectivity index (χ2v) is 7.21. The Morgan fingerprint density at radius 2 is 1.85 bits per heavy atom. The minimum absolute atomic E-state index is 0.0930. The number of benzene rings is 1. The average Bonchev–Trinajstić information content (AvgIpc) is 3.49. The maximum Gasteiger partial charge on any atom is 0.263 e. The SMILES string of the molecule is Cc1ccc(OC2CCN(C(=O)c3cnc(C4CC4)[nH]c3=O)CC2)cc1. The largest absolute Gasteiger partial charge is 0.490 e. The van der Waals surface area contributed by atoms with Crippen LogP contribution < -0.4 is 10.3 Å². The molecule has 1 aliphatic heterocycles. The molecule has 2 aliphatic rings. The number of hydrogen-bond donors (Lipinski definition) is 1. The number of aromatic amines is 1. The van der Waals surface area contributed by atoms with Crippen LogP contribution in [0.2, 0.25) is 0 Å². The van der Waals surface area contributed by atoms with Crippen LogP contribution in [0.4, 0.5) is 0 Å². The Labute approximate surface area is 152 Å². The van der Waals surface area contributed by atoms with E-state index in [2.05, 4.69) is 9.97 Å². The first-order chi connectivity index (χ1) is 12.6. The van der Waals surface area contributed by atoms with E-state index in [4.69, 9.17) is 4.74 Å². The molecule has 0 radical (unpaired) electrons. The maximum absolute atomic E-state index is 12.6. The predicted molar refractivity (Wildman–Crippen MR) is 97.6 cm³/mol. The Hall–Kier alpha value is -2.63. The molecule has 1 N–H and O–H groups in total. The van der Waals surface area contributed by atoms with Crippen molar-refractivity contribution in [2.24, 2.45) is 0 Å². The summed E-state index contributed by atoms with van der Waals surface area (Å²) in [4.78, 5) is 33.6. The maximum atomic E-state index is 12.6. The van der Waals surface area contributed by atoms with E-state index in [0.29, 0.717) is 24.8 Å². The first-order valence-electron chi connectivity index (χ1n) is 9.22. The van der Waals surface area contributed by atoms with Crippen LogP contribution in [0, 0.1) is 6.92 Å². The molecule has 1 saturated carbocycles. The minimum Gasteiger partial charge on any atom is -0.490 e. The number of hydrogen-bond acceptors (Lipinski definition) is 4. The summed E-state index contributed by atoms with van der Waals surface area (Å²) in [6.45, 7) is 3.21. The number of likely N-dealkylation sites (tertiary alicyclic amines) is 1. The quantitative estimate of drug-likeness (QED) is 0.917. The molecule has 6 nitrogen and oxygen atoms in total. The van der Waals surface area contributed by atoms with Crippen molar-refractivity contribution in [3.05, 3.63) is 57.8 Å². The molecule has 1 amide bonds. The van der Waals surface area contributed by atoms with Crippen molar-refractivity contribution in [2.45, 2.75) is 44.6 Å². The monoisotopic (exact) mass is 353 g/mol. The lowest BCUT2D eigenvalue weighted by molar-refractivity contribution is 0.0593. The van der Waals surface area contributed by atoms with Crippen molar-refractivity contribution in [2.75, 3.05) is 13.1 Å². The van der Waals surface area contributed by atoms with E-state index in [-0.39, 0.29) is 23.1 Å². The van der Waals surface area contributed by atoms with E-state index in [0.717, 1.165) is 31.4 Å². The van der Waals surface area contributed by atoms with Crippen molar-refractivity contribution in [3.8, 4) is 5.75 Å². The van der Waals surface area contributed by atoms with Crippen LogP contribution in [0.1, 0.15) is 53.3 Å². The van der Waals surface area contributed by atoms with Gasteiger partial charge in [-0.2, -0.15) is 0 Å². The van der Waals surface area contributed by atoms with E-state index in [9.17, 15) is 9.59 Å². The molecule has 0 spiro atoms. The predicted octanol–water partition coefficient (Wildman–Crippen LogP) is 2.64. The van der Waals surface area contributed by atoms with Gasteiger partial charge in [-0.05, 0) is 31.9 Å². The fourth-order valence-electron chi connectivity index (χ4n) is 3.28. The number of aromatic nitrogens is 2. The molecule has 26 heavy (non-hydrogen) atoms. The zero-order valence-electron chi connectivity index (χ0n) is 14.9. The van der Waals surface area contributed by atoms with Crippen LogP contribution in [-0.2, 0) is 0 Å². The Morgan fingerprint density at radius 1 is 1.15 bits per heavy atom. The van der Waals surface area contributed by atoms with Crippen molar-refractivity contribution in [3.63, 3.8) is 0 Å². The smallest absolute Gasteiger partial charge is 0.263 e. The van der Waals surface area contributed by atoms with Gasteiger partial charge in [0.15, 0.2) is 0 Å². The Bertz CT molecular complexity index is 847. The van der Waals surface area contributed by atoms with E-state index >= 15 is 0 Å². The van der Waals surface area contributed by atoms with Crippen LogP contribution in [0.5, 0.6) is 5.75 Å².